The first kappa shape index (κ1) is 14.7. The minimum Gasteiger partial charge on any atom is -0.344 e. The predicted octanol–water partition coefficient (Wildman–Crippen LogP) is 3.23. The van der Waals surface area contributed by atoms with Crippen LogP contribution in [0.25, 0.3) is 0 Å². The lowest BCUT2D eigenvalue weighted by atomic mass is 10.0. The zero-order valence-corrected chi connectivity index (χ0v) is 11.7. The van der Waals surface area contributed by atoms with E-state index >= 15 is 0 Å². The molecule has 0 N–H and O–H groups in total. The molecule has 5 nitrogen and oxygen atoms in total. The van der Waals surface area contributed by atoms with E-state index in [0.717, 1.165) is 5.56 Å². The lowest BCUT2D eigenvalue weighted by molar-refractivity contribution is -0.465. The van der Waals surface area contributed by atoms with Gasteiger partial charge in [0.25, 0.3) is 5.79 Å². The summed E-state index contributed by atoms with van der Waals surface area (Å²) in [4.78, 5) is 10.7. The van der Waals surface area contributed by atoms with E-state index in [9.17, 15) is 10.1 Å². The molecule has 1 aromatic rings. The van der Waals surface area contributed by atoms with Crippen LogP contribution in [0.15, 0.2) is 53.2 Å². The van der Waals surface area contributed by atoms with Crippen LogP contribution in [-0.4, -0.2) is 17.8 Å². The van der Waals surface area contributed by atoms with E-state index in [0.29, 0.717) is 5.03 Å². The van der Waals surface area contributed by atoms with Crippen molar-refractivity contribution >= 4 is 11.6 Å². The Hall–Kier alpha value is -1.69. The third-order valence-electron chi connectivity index (χ3n) is 3.07. The zero-order chi connectivity index (χ0) is 14.6. The molecule has 0 amide bonds. The molecule has 0 aliphatic heterocycles. The molecule has 1 aromatic carbocycles. The fourth-order valence-corrected chi connectivity index (χ4v) is 2.16. The summed E-state index contributed by atoms with van der Waals surface area (Å²) in [6.07, 6.45) is 3.10. The molecule has 1 unspecified atom stereocenters. The molecule has 20 heavy (non-hydrogen) atoms. The van der Waals surface area contributed by atoms with Gasteiger partial charge in [-0.1, -0.05) is 48.0 Å². The van der Waals surface area contributed by atoms with E-state index in [1.54, 1.807) is 6.08 Å². The Morgan fingerprint density at radius 2 is 2.10 bits per heavy atom. The Morgan fingerprint density at radius 3 is 2.70 bits per heavy atom. The maximum Gasteiger partial charge on any atom is 0.307 e. The Bertz CT molecular complexity index is 556. The smallest absolute Gasteiger partial charge is 0.307 e. The average molecular weight is 296 g/mol. The number of nitrogens with zero attached hydrogens (tertiary/aromatic N) is 1. The van der Waals surface area contributed by atoms with Gasteiger partial charge in [0.2, 0.25) is 0 Å². The maximum atomic E-state index is 11.2. The number of ether oxygens (including phenoxy) is 2. The molecule has 0 saturated carbocycles. The number of methoxy groups -OCH3 is 1. The summed E-state index contributed by atoms with van der Waals surface area (Å²) in [5, 5.41) is 11.5. The molecule has 1 aliphatic rings. The number of hydrogen-bond donors (Lipinski definition) is 0. The van der Waals surface area contributed by atoms with Crippen molar-refractivity contribution in [2.45, 2.75) is 18.8 Å². The van der Waals surface area contributed by atoms with E-state index in [2.05, 4.69) is 0 Å². The predicted molar refractivity (Wildman–Crippen MR) is 74.6 cm³/mol. The molecule has 0 radical (unpaired) electrons. The quantitative estimate of drug-likeness (QED) is 0.475. The third kappa shape index (κ3) is 3.07. The number of hydrogen-bond acceptors (Lipinski definition) is 4. The van der Waals surface area contributed by atoms with Crippen LogP contribution < -0.4 is 0 Å². The molecule has 6 heteroatoms. The van der Waals surface area contributed by atoms with Crippen molar-refractivity contribution < 1.29 is 14.4 Å². The van der Waals surface area contributed by atoms with E-state index in [1.165, 1.54) is 13.2 Å². The minimum atomic E-state index is -1.41. The van der Waals surface area contributed by atoms with Crippen LogP contribution >= 0.6 is 11.6 Å². The monoisotopic (exact) mass is 295 g/mol. The number of benzene rings is 1. The van der Waals surface area contributed by atoms with Crippen LogP contribution in [0, 0.1) is 10.1 Å². The van der Waals surface area contributed by atoms with Gasteiger partial charge in [-0.2, -0.15) is 0 Å². The van der Waals surface area contributed by atoms with Gasteiger partial charge >= 0.3 is 5.70 Å². The van der Waals surface area contributed by atoms with Crippen molar-refractivity contribution in [3.05, 3.63) is 68.9 Å². The van der Waals surface area contributed by atoms with Crippen molar-refractivity contribution in [1.82, 2.24) is 0 Å². The number of nitro groups is 1. The normalized spacial score (nSPS) is 22.1. The van der Waals surface area contributed by atoms with Crippen molar-refractivity contribution in [1.29, 1.82) is 0 Å². The van der Waals surface area contributed by atoms with Crippen molar-refractivity contribution in [2.24, 2.45) is 0 Å². The van der Waals surface area contributed by atoms with Gasteiger partial charge in [0.05, 0.1) is 11.5 Å². The summed E-state index contributed by atoms with van der Waals surface area (Å²) in [6, 6.07) is 9.40. The largest absolute Gasteiger partial charge is 0.344 e. The highest BCUT2D eigenvalue weighted by Crippen LogP contribution is 2.34. The van der Waals surface area contributed by atoms with E-state index < -0.39 is 10.7 Å². The molecule has 1 aliphatic carbocycles. The molecule has 0 saturated heterocycles. The summed E-state index contributed by atoms with van der Waals surface area (Å²) in [7, 11) is 1.38. The second kappa shape index (κ2) is 6.17. The Labute approximate surface area is 121 Å². The zero-order valence-electron chi connectivity index (χ0n) is 10.9. The van der Waals surface area contributed by atoms with Gasteiger partial charge in [-0.3, -0.25) is 10.1 Å². The van der Waals surface area contributed by atoms with Crippen molar-refractivity contribution in [3.8, 4) is 0 Å². The first-order valence-electron chi connectivity index (χ1n) is 6.02. The first-order valence-corrected chi connectivity index (χ1v) is 6.40. The maximum absolute atomic E-state index is 11.2. The lowest BCUT2D eigenvalue weighted by Gasteiger charge is -2.30. The standard InChI is InChI=1S/C14H14ClNO4/c1-19-14(20-10-11-5-3-2-4-6-11)8-7-12(15)9-13(14)16(17)18/h2-7,9H,8,10H2,1H3. The van der Waals surface area contributed by atoms with Crippen LogP contribution in [0.5, 0.6) is 0 Å². The average Bonchev–Trinajstić information content (AvgIpc) is 2.47. The minimum absolute atomic E-state index is 0.191. The van der Waals surface area contributed by atoms with Gasteiger partial charge in [-0.25, -0.2) is 0 Å². The summed E-state index contributed by atoms with van der Waals surface area (Å²) < 4.78 is 11.0. The van der Waals surface area contributed by atoms with Crippen LogP contribution in [-0.2, 0) is 16.1 Å². The van der Waals surface area contributed by atoms with Crippen LogP contribution in [0.3, 0.4) is 0 Å². The van der Waals surface area contributed by atoms with Gasteiger partial charge in [0, 0.05) is 24.6 Å². The van der Waals surface area contributed by atoms with Crippen LogP contribution in [0.2, 0.25) is 0 Å². The van der Waals surface area contributed by atoms with Gasteiger partial charge in [0.1, 0.15) is 0 Å². The molecule has 0 aromatic heterocycles. The number of allylic oxidation sites excluding steroid dienone is 2. The van der Waals surface area contributed by atoms with Crippen LogP contribution in [0.1, 0.15) is 12.0 Å². The van der Waals surface area contributed by atoms with Crippen molar-refractivity contribution in [3.63, 3.8) is 0 Å². The highest BCUT2D eigenvalue weighted by molar-refractivity contribution is 6.31. The van der Waals surface area contributed by atoms with Gasteiger partial charge in [-0.15, -0.1) is 0 Å². The van der Waals surface area contributed by atoms with Gasteiger partial charge in [0.15, 0.2) is 0 Å². The highest BCUT2D eigenvalue weighted by atomic mass is 35.5. The van der Waals surface area contributed by atoms with Gasteiger partial charge < -0.3 is 9.47 Å². The Kier molecular flexibility index (Phi) is 4.54. The SMILES string of the molecule is COC1(OCc2ccccc2)CC=C(Cl)C=C1[N+](=O)[O-]. The third-order valence-corrected chi connectivity index (χ3v) is 3.34. The lowest BCUT2D eigenvalue weighted by Crippen LogP contribution is -2.40. The summed E-state index contributed by atoms with van der Waals surface area (Å²) >= 11 is 5.83. The molecular formula is C14H14ClNO4. The molecule has 0 bridgehead atoms. The first-order chi connectivity index (χ1) is 9.57. The van der Waals surface area contributed by atoms with E-state index in [-0.39, 0.29) is 18.7 Å². The summed E-state index contributed by atoms with van der Waals surface area (Å²) in [5.74, 6) is -1.41. The summed E-state index contributed by atoms with van der Waals surface area (Å²) in [5.41, 5.74) is 0.718. The number of halogens is 1. The fourth-order valence-electron chi connectivity index (χ4n) is 1.98. The van der Waals surface area contributed by atoms with E-state index in [1.807, 2.05) is 30.3 Å². The molecule has 0 heterocycles. The summed E-state index contributed by atoms with van der Waals surface area (Å²) in [6.45, 7) is 0.214. The molecule has 0 fully saturated rings. The Morgan fingerprint density at radius 1 is 1.40 bits per heavy atom. The molecular weight excluding hydrogens is 282 g/mol. The molecule has 0 spiro atoms. The second-order valence-corrected chi connectivity index (χ2v) is 4.75. The Balaban J connectivity index is 2.21. The number of rotatable bonds is 5. The topological polar surface area (TPSA) is 61.6 Å². The highest BCUT2D eigenvalue weighted by Gasteiger charge is 2.45. The second-order valence-electron chi connectivity index (χ2n) is 4.31. The van der Waals surface area contributed by atoms with Gasteiger partial charge in [-0.05, 0) is 5.56 Å². The molecule has 1 atom stereocenters. The van der Waals surface area contributed by atoms with Crippen molar-refractivity contribution in [2.75, 3.05) is 7.11 Å². The fraction of sp³-hybridized carbons (Fsp3) is 0.286. The molecule has 2 rings (SSSR count). The van der Waals surface area contributed by atoms with E-state index in [4.69, 9.17) is 21.1 Å². The van der Waals surface area contributed by atoms with Crippen LogP contribution in [0.4, 0.5) is 0 Å². The molecule has 106 valence electrons.